The molecule has 0 saturated heterocycles. The average Bonchev–Trinajstić information content (AvgIpc) is 2.77. The van der Waals surface area contributed by atoms with Gasteiger partial charge in [0.05, 0.1) is 6.61 Å². The van der Waals surface area contributed by atoms with Crippen LogP contribution < -0.4 is 4.74 Å². The number of hydrogen-bond donors (Lipinski definition) is 0. The van der Waals surface area contributed by atoms with E-state index in [2.05, 4.69) is 23.8 Å². The molecule has 2 rings (SSSR count). The van der Waals surface area contributed by atoms with Crippen LogP contribution in [0.4, 0.5) is 4.39 Å². The molecule has 0 radical (unpaired) electrons. The lowest BCUT2D eigenvalue weighted by atomic mass is 10.1. The molecule has 30 heavy (non-hydrogen) atoms. The van der Waals surface area contributed by atoms with Crippen molar-refractivity contribution in [1.29, 1.82) is 0 Å². The number of alkyl halides is 1. The predicted molar refractivity (Wildman–Crippen MR) is 124 cm³/mol. The van der Waals surface area contributed by atoms with Crippen molar-refractivity contribution in [1.82, 2.24) is 9.97 Å². The second-order valence-corrected chi connectivity index (χ2v) is 8.19. The molecule has 0 amide bonds. The Morgan fingerprint density at radius 3 is 2.13 bits per heavy atom. The first-order valence-corrected chi connectivity index (χ1v) is 11.9. The minimum Gasteiger partial charge on any atom is -0.493 e. The predicted octanol–water partition coefficient (Wildman–Crippen LogP) is 7.73. The van der Waals surface area contributed by atoms with Gasteiger partial charge in [-0.3, -0.25) is 0 Å². The largest absolute Gasteiger partial charge is 0.493 e. The third-order valence-corrected chi connectivity index (χ3v) is 5.46. The Hall–Kier alpha value is -1.97. The van der Waals surface area contributed by atoms with Crippen LogP contribution in [0.5, 0.6) is 5.75 Å². The van der Waals surface area contributed by atoms with Gasteiger partial charge in [0, 0.05) is 24.4 Å². The number of benzene rings is 1. The normalized spacial score (nSPS) is 12.1. The molecule has 2 aromatic rings. The molecule has 0 fully saturated rings. The molecule has 1 atom stereocenters. The first-order valence-electron chi connectivity index (χ1n) is 11.9. The molecule has 0 aliphatic rings. The molecule has 0 spiro atoms. The van der Waals surface area contributed by atoms with Crippen molar-refractivity contribution in [3.05, 3.63) is 42.2 Å². The number of hydrogen-bond acceptors (Lipinski definition) is 3. The van der Waals surface area contributed by atoms with E-state index in [0.717, 1.165) is 42.8 Å². The van der Waals surface area contributed by atoms with Crippen LogP contribution in [-0.4, -0.2) is 22.7 Å². The number of rotatable bonds is 16. The van der Waals surface area contributed by atoms with Gasteiger partial charge in [-0.15, -0.1) is 0 Å². The number of aryl methyl sites for hydroxylation is 1. The van der Waals surface area contributed by atoms with Crippen LogP contribution >= 0.6 is 0 Å². The SMILES string of the molecule is CCCCCCCCc1cnc(-c2ccc(OCCC(F)CCCCC)cc2)nc1. The third kappa shape index (κ3) is 9.69. The van der Waals surface area contributed by atoms with E-state index in [-0.39, 0.29) is 0 Å². The maximum Gasteiger partial charge on any atom is 0.159 e. The van der Waals surface area contributed by atoms with Crippen molar-refractivity contribution in [2.45, 2.75) is 97.1 Å². The van der Waals surface area contributed by atoms with Crippen molar-refractivity contribution in [2.24, 2.45) is 0 Å². The van der Waals surface area contributed by atoms with Gasteiger partial charge < -0.3 is 4.74 Å². The van der Waals surface area contributed by atoms with Gasteiger partial charge in [0.1, 0.15) is 11.9 Å². The van der Waals surface area contributed by atoms with E-state index in [9.17, 15) is 4.39 Å². The standard InChI is InChI=1S/C26H39FN2O/c1-3-5-7-8-9-11-12-22-20-28-26(29-21-22)23-14-16-25(17-15-23)30-19-18-24(27)13-10-6-4-2/h14-17,20-21,24H,3-13,18-19H2,1-2H3. The van der Waals surface area contributed by atoms with E-state index in [1.54, 1.807) is 0 Å². The number of unbranched alkanes of at least 4 members (excludes halogenated alkanes) is 7. The van der Waals surface area contributed by atoms with Gasteiger partial charge in [-0.1, -0.05) is 65.2 Å². The summed E-state index contributed by atoms with van der Waals surface area (Å²) < 4.78 is 19.5. The molecule has 4 heteroatoms. The van der Waals surface area contributed by atoms with E-state index in [1.807, 2.05) is 36.7 Å². The molecule has 0 aliphatic heterocycles. The molecule has 1 unspecified atom stereocenters. The molecule has 1 aromatic heterocycles. The Bertz CT molecular complexity index is 672. The second-order valence-electron chi connectivity index (χ2n) is 8.19. The van der Waals surface area contributed by atoms with E-state index < -0.39 is 6.17 Å². The summed E-state index contributed by atoms with van der Waals surface area (Å²) in [5.41, 5.74) is 2.17. The van der Waals surface area contributed by atoms with Gasteiger partial charge in [-0.2, -0.15) is 0 Å². The van der Waals surface area contributed by atoms with Gasteiger partial charge in [0.15, 0.2) is 5.82 Å². The Balaban J connectivity index is 1.71. The smallest absolute Gasteiger partial charge is 0.159 e. The van der Waals surface area contributed by atoms with Gasteiger partial charge in [-0.25, -0.2) is 14.4 Å². The third-order valence-electron chi connectivity index (χ3n) is 5.46. The molecule has 3 nitrogen and oxygen atoms in total. The second kappa shape index (κ2) is 14.9. The molecule has 0 aliphatic carbocycles. The highest BCUT2D eigenvalue weighted by atomic mass is 19.1. The highest BCUT2D eigenvalue weighted by Gasteiger charge is 2.07. The van der Waals surface area contributed by atoms with Gasteiger partial charge in [-0.05, 0) is 49.1 Å². The molecule has 0 bridgehead atoms. The van der Waals surface area contributed by atoms with Crippen LogP contribution in [0.15, 0.2) is 36.7 Å². The minimum atomic E-state index is -0.765. The fourth-order valence-electron chi connectivity index (χ4n) is 3.51. The topological polar surface area (TPSA) is 35.0 Å². The van der Waals surface area contributed by atoms with Gasteiger partial charge in [0.25, 0.3) is 0 Å². The summed E-state index contributed by atoms with van der Waals surface area (Å²) in [5, 5.41) is 0. The Morgan fingerprint density at radius 1 is 0.800 bits per heavy atom. The molecule has 0 N–H and O–H groups in total. The van der Waals surface area contributed by atoms with Crippen molar-refractivity contribution in [3.8, 4) is 17.1 Å². The fraction of sp³-hybridized carbons (Fsp3) is 0.615. The zero-order valence-electron chi connectivity index (χ0n) is 18.9. The van der Waals surface area contributed by atoms with E-state index in [0.29, 0.717) is 19.4 Å². The molecule has 1 heterocycles. The van der Waals surface area contributed by atoms with Crippen LogP contribution in [0.25, 0.3) is 11.4 Å². The maximum atomic E-state index is 13.8. The summed E-state index contributed by atoms with van der Waals surface area (Å²) in [4.78, 5) is 9.05. The highest BCUT2D eigenvalue weighted by molar-refractivity contribution is 5.55. The fourth-order valence-corrected chi connectivity index (χ4v) is 3.51. The number of aromatic nitrogens is 2. The van der Waals surface area contributed by atoms with Crippen LogP contribution in [0.1, 0.15) is 90.0 Å². The quantitative estimate of drug-likeness (QED) is 0.264. The first-order chi connectivity index (χ1) is 14.7. The van der Waals surface area contributed by atoms with Crippen molar-refractivity contribution in [2.75, 3.05) is 6.61 Å². The zero-order chi connectivity index (χ0) is 21.4. The number of nitrogens with zero attached hydrogens (tertiary/aromatic N) is 2. The Morgan fingerprint density at radius 2 is 1.43 bits per heavy atom. The molecular formula is C26H39FN2O. The summed E-state index contributed by atoms with van der Waals surface area (Å²) >= 11 is 0. The first kappa shape index (κ1) is 24.3. The number of ether oxygens (including phenoxy) is 1. The summed E-state index contributed by atoms with van der Waals surface area (Å²) in [7, 11) is 0. The van der Waals surface area contributed by atoms with Crippen LogP contribution in [0.2, 0.25) is 0 Å². The molecular weight excluding hydrogens is 375 g/mol. The van der Waals surface area contributed by atoms with Crippen molar-refractivity contribution < 1.29 is 9.13 Å². The summed E-state index contributed by atoms with van der Waals surface area (Å²) in [6, 6.07) is 7.75. The summed E-state index contributed by atoms with van der Waals surface area (Å²) in [6.45, 7) is 4.79. The van der Waals surface area contributed by atoms with Gasteiger partial charge >= 0.3 is 0 Å². The zero-order valence-corrected chi connectivity index (χ0v) is 18.9. The minimum absolute atomic E-state index is 0.413. The van der Waals surface area contributed by atoms with Crippen LogP contribution in [-0.2, 0) is 6.42 Å². The summed E-state index contributed by atoms with van der Waals surface area (Å²) in [5.74, 6) is 1.49. The molecule has 0 saturated carbocycles. The summed E-state index contributed by atoms with van der Waals surface area (Å²) in [6.07, 6.45) is 16.3. The van der Waals surface area contributed by atoms with Crippen LogP contribution in [0, 0.1) is 0 Å². The Labute approximate surface area is 182 Å². The average molecular weight is 415 g/mol. The lowest BCUT2D eigenvalue weighted by Gasteiger charge is -2.10. The molecule has 1 aromatic carbocycles. The lowest BCUT2D eigenvalue weighted by Crippen LogP contribution is -2.07. The van der Waals surface area contributed by atoms with E-state index in [4.69, 9.17) is 4.74 Å². The molecule has 166 valence electrons. The number of halogens is 1. The van der Waals surface area contributed by atoms with E-state index in [1.165, 1.54) is 44.1 Å². The Kier molecular flexibility index (Phi) is 12.1. The monoisotopic (exact) mass is 414 g/mol. The van der Waals surface area contributed by atoms with Crippen molar-refractivity contribution >= 4 is 0 Å². The van der Waals surface area contributed by atoms with Crippen molar-refractivity contribution in [3.63, 3.8) is 0 Å². The maximum absolute atomic E-state index is 13.8. The van der Waals surface area contributed by atoms with Gasteiger partial charge in [0.2, 0.25) is 0 Å². The highest BCUT2D eigenvalue weighted by Crippen LogP contribution is 2.20. The van der Waals surface area contributed by atoms with Crippen LogP contribution in [0.3, 0.4) is 0 Å². The van der Waals surface area contributed by atoms with E-state index >= 15 is 0 Å². The lowest BCUT2D eigenvalue weighted by molar-refractivity contribution is 0.223.